The molecule has 3 N–H and O–H groups in total. The van der Waals surface area contributed by atoms with Gasteiger partial charge in [0.15, 0.2) is 0 Å². The van der Waals surface area contributed by atoms with Gasteiger partial charge in [-0.05, 0) is 28.1 Å². The highest BCUT2D eigenvalue weighted by Gasteiger charge is 2.05. The van der Waals surface area contributed by atoms with Gasteiger partial charge in [-0.3, -0.25) is 10.4 Å². The van der Waals surface area contributed by atoms with Gasteiger partial charge in [-0.25, -0.2) is 10.8 Å². The molecule has 0 fully saturated rings. The molecule has 0 aromatic carbocycles. The molecule has 0 atom stereocenters. The van der Waals surface area contributed by atoms with Crippen molar-refractivity contribution in [1.82, 2.24) is 15.0 Å². The summed E-state index contributed by atoms with van der Waals surface area (Å²) in [6.45, 7) is 0.483. The molecule has 2 heterocycles. The average Bonchev–Trinajstić information content (AvgIpc) is 2.42. The highest BCUT2D eigenvalue weighted by Crippen LogP contribution is 2.22. The number of hydrogen-bond donors (Lipinski definition) is 2. The van der Waals surface area contributed by atoms with E-state index in [1.54, 1.807) is 12.4 Å². The van der Waals surface area contributed by atoms with Crippen LogP contribution < -0.4 is 16.0 Å². The second-order valence-corrected chi connectivity index (χ2v) is 4.26. The van der Waals surface area contributed by atoms with Gasteiger partial charge < -0.3 is 4.74 Å². The summed E-state index contributed by atoms with van der Waals surface area (Å²) in [7, 11) is 0. The van der Waals surface area contributed by atoms with E-state index < -0.39 is 0 Å². The number of anilines is 1. The molecule has 6 nitrogen and oxygen atoms in total. The van der Waals surface area contributed by atoms with E-state index in [2.05, 4.69) is 36.3 Å². The molecule has 2 rings (SSSR count). The second kappa shape index (κ2) is 6.27. The normalized spacial score (nSPS) is 10.1. The standard InChI is InChI=1S/C11H12BrN5O/c12-9-7-15-11(17-13)16-10(9)18-6-4-8-3-1-2-5-14-8/h1-3,5,7H,4,6,13H2,(H,15,16,17). The Hall–Kier alpha value is -1.73. The quantitative estimate of drug-likeness (QED) is 0.643. The smallest absolute Gasteiger partial charge is 0.240 e. The minimum Gasteiger partial charge on any atom is -0.476 e. The lowest BCUT2D eigenvalue weighted by atomic mass is 10.3. The zero-order valence-corrected chi connectivity index (χ0v) is 11.1. The Morgan fingerprint density at radius 2 is 2.22 bits per heavy atom. The fourth-order valence-electron chi connectivity index (χ4n) is 1.32. The lowest BCUT2D eigenvalue weighted by Crippen LogP contribution is -2.12. The summed E-state index contributed by atoms with van der Waals surface area (Å²) in [6.07, 6.45) is 4.05. The highest BCUT2D eigenvalue weighted by atomic mass is 79.9. The van der Waals surface area contributed by atoms with Gasteiger partial charge >= 0.3 is 0 Å². The summed E-state index contributed by atoms with van der Waals surface area (Å²) in [6, 6.07) is 5.77. The van der Waals surface area contributed by atoms with Gasteiger partial charge in [-0.15, -0.1) is 0 Å². The van der Waals surface area contributed by atoms with E-state index in [1.165, 1.54) is 0 Å². The van der Waals surface area contributed by atoms with Crippen LogP contribution in [0.5, 0.6) is 5.88 Å². The Bertz CT molecular complexity index is 508. The molecule has 2 aromatic rings. The van der Waals surface area contributed by atoms with Crippen molar-refractivity contribution in [3.8, 4) is 5.88 Å². The number of nitrogens with zero attached hydrogens (tertiary/aromatic N) is 3. The number of rotatable bonds is 5. The van der Waals surface area contributed by atoms with Gasteiger partial charge in [0, 0.05) is 18.3 Å². The van der Waals surface area contributed by atoms with Crippen molar-refractivity contribution in [2.75, 3.05) is 12.0 Å². The van der Waals surface area contributed by atoms with Gasteiger partial charge in [0.1, 0.15) is 0 Å². The van der Waals surface area contributed by atoms with E-state index in [0.29, 0.717) is 29.3 Å². The van der Waals surface area contributed by atoms with E-state index in [-0.39, 0.29) is 0 Å². The Labute approximate surface area is 113 Å². The van der Waals surface area contributed by atoms with Crippen LogP contribution in [0.3, 0.4) is 0 Å². The van der Waals surface area contributed by atoms with E-state index >= 15 is 0 Å². The van der Waals surface area contributed by atoms with Crippen LogP contribution in [0, 0.1) is 0 Å². The van der Waals surface area contributed by atoms with Gasteiger partial charge in [0.25, 0.3) is 0 Å². The summed E-state index contributed by atoms with van der Waals surface area (Å²) < 4.78 is 6.23. The van der Waals surface area contributed by atoms with Crippen molar-refractivity contribution < 1.29 is 4.74 Å². The van der Waals surface area contributed by atoms with Crippen LogP contribution in [0.15, 0.2) is 35.1 Å². The molecule has 0 aliphatic rings. The molecule has 0 saturated carbocycles. The third-order valence-electron chi connectivity index (χ3n) is 2.16. The number of nitrogens with two attached hydrogens (primary N) is 1. The molecule has 7 heteroatoms. The number of nitrogens with one attached hydrogen (secondary N) is 1. The van der Waals surface area contributed by atoms with Gasteiger partial charge in [-0.2, -0.15) is 4.98 Å². The first-order valence-electron chi connectivity index (χ1n) is 5.31. The molecule has 0 unspecified atom stereocenters. The minimum atomic E-state index is 0.311. The van der Waals surface area contributed by atoms with Crippen molar-refractivity contribution in [3.05, 3.63) is 40.8 Å². The number of ether oxygens (including phenoxy) is 1. The second-order valence-electron chi connectivity index (χ2n) is 3.41. The zero-order valence-electron chi connectivity index (χ0n) is 9.51. The Morgan fingerprint density at radius 3 is 2.94 bits per heavy atom. The van der Waals surface area contributed by atoms with E-state index in [1.807, 2.05) is 18.2 Å². The van der Waals surface area contributed by atoms with E-state index in [0.717, 1.165) is 5.69 Å². The topological polar surface area (TPSA) is 86.0 Å². The number of aromatic nitrogens is 3. The average molecular weight is 310 g/mol. The third-order valence-corrected chi connectivity index (χ3v) is 2.71. The predicted molar refractivity (Wildman–Crippen MR) is 71.0 cm³/mol. The molecule has 94 valence electrons. The summed E-state index contributed by atoms with van der Waals surface area (Å²) in [4.78, 5) is 12.2. The van der Waals surface area contributed by atoms with Gasteiger partial charge in [0.05, 0.1) is 17.3 Å². The van der Waals surface area contributed by atoms with Crippen LogP contribution in [0.1, 0.15) is 5.69 Å². The van der Waals surface area contributed by atoms with Gasteiger partial charge in [-0.1, -0.05) is 6.07 Å². The van der Waals surface area contributed by atoms with Crippen LogP contribution in [0.2, 0.25) is 0 Å². The maximum atomic E-state index is 5.55. The summed E-state index contributed by atoms with van der Waals surface area (Å²) >= 11 is 3.31. The largest absolute Gasteiger partial charge is 0.476 e. The minimum absolute atomic E-state index is 0.311. The Balaban J connectivity index is 1.94. The maximum Gasteiger partial charge on any atom is 0.240 e. The lowest BCUT2D eigenvalue weighted by Gasteiger charge is -2.07. The molecule has 0 spiro atoms. The predicted octanol–water partition coefficient (Wildman–Crippen LogP) is 1.54. The van der Waals surface area contributed by atoms with Crippen molar-refractivity contribution >= 4 is 21.9 Å². The molecule has 0 aliphatic heterocycles. The fourth-order valence-corrected chi connectivity index (χ4v) is 1.63. The molecule has 0 bridgehead atoms. The Kier molecular flexibility index (Phi) is 4.43. The number of hydrazine groups is 1. The van der Waals surface area contributed by atoms with Crippen molar-refractivity contribution in [2.45, 2.75) is 6.42 Å². The van der Waals surface area contributed by atoms with Crippen molar-refractivity contribution in [2.24, 2.45) is 5.84 Å². The van der Waals surface area contributed by atoms with Gasteiger partial charge in [0.2, 0.25) is 11.8 Å². The SMILES string of the molecule is NNc1ncc(Br)c(OCCc2ccccn2)n1. The monoisotopic (exact) mass is 309 g/mol. The van der Waals surface area contributed by atoms with Crippen LogP contribution >= 0.6 is 15.9 Å². The molecular formula is C11H12BrN5O. The zero-order chi connectivity index (χ0) is 12.8. The molecule has 0 radical (unpaired) electrons. The van der Waals surface area contributed by atoms with E-state index in [4.69, 9.17) is 10.6 Å². The van der Waals surface area contributed by atoms with E-state index in [9.17, 15) is 0 Å². The van der Waals surface area contributed by atoms with Crippen LogP contribution in [0.25, 0.3) is 0 Å². The molecule has 18 heavy (non-hydrogen) atoms. The first-order valence-corrected chi connectivity index (χ1v) is 6.11. The molecular weight excluding hydrogens is 298 g/mol. The third kappa shape index (κ3) is 3.38. The Morgan fingerprint density at radius 1 is 1.33 bits per heavy atom. The lowest BCUT2D eigenvalue weighted by molar-refractivity contribution is 0.306. The molecule has 2 aromatic heterocycles. The first kappa shape index (κ1) is 12.7. The molecule has 0 amide bonds. The van der Waals surface area contributed by atoms with Crippen LogP contribution in [-0.4, -0.2) is 21.6 Å². The van der Waals surface area contributed by atoms with Crippen molar-refractivity contribution in [1.29, 1.82) is 0 Å². The van der Waals surface area contributed by atoms with Crippen molar-refractivity contribution in [3.63, 3.8) is 0 Å². The first-order chi connectivity index (χ1) is 8.79. The summed E-state index contributed by atoms with van der Waals surface area (Å²) in [5.74, 6) is 6.00. The maximum absolute atomic E-state index is 5.55. The number of pyridine rings is 1. The number of hydrogen-bond acceptors (Lipinski definition) is 6. The summed E-state index contributed by atoms with van der Waals surface area (Å²) in [5, 5.41) is 0. The van der Waals surface area contributed by atoms with Crippen LogP contribution in [0.4, 0.5) is 5.95 Å². The number of nitrogen functional groups attached to an aromatic ring is 1. The van der Waals surface area contributed by atoms with Crippen LogP contribution in [-0.2, 0) is 6.42 Å². The highest BCUT2D eigenvalue weighted by molar-refractivity contribution is 9.10. The number of halogens is 1. The molecule has 0 aliphatic carbocycles. The molecule has 0 saturated heterocycles. The summed E-state index contributed by atoms with van der Waals surface area (Å²) in [5.41, 5.74) is 3.34. The fraction of sp³-hybridized carbons (Fsp3) is 0.182.